The van der Waals surface area contributed by atoms with E-state index in [4.69, 9.17) is 11.0 Å². The summed E-state index contributed by atoms with van der Waals surface area (Å²) < 4.78 is 1.77. The van der Waals surface area contributed by atoms with E-state index in [9.17, 15) is 0 Å². The van der Waals surface area contributed by atoms with E-state index in [1.54, 1.807) is 16.8 Å². The number of hydrogen-bond acceptors (Lipinski definition) is 3. The molecule has 0 aliphatic carbocycles. The topological polar surface area (TPSA) is 67.6 Å². The molecule has 2 rings (SSSR count). The molecule has 4 nitrogen and oxygen atoms in total. The lowest BCUT2D eigenvalue weighted by molar-refractivity contribution is 0.783. The van der Waals surface area contributed by atoms with Crippen molar-refractivity contribution in [3.63, 3.8) is 0 Å². The SMILES string of the molecule is Cc1nn(C)c2cc(N)c(C#N)cc12. The Balaban J connectivity index is 2.91. The summed E-state index contributed by atoms with van der Waals surface area (Å²) in [6, 6.07) is 5.63. The molecule has 0 radical (unpaired) electrons. The van der Waals surface area contributed by atoms with Crippen molar-refractivity contribution in [2.45, 2.75) is 6.92 Å². The predicted molar refractivity (Wildman–Crippen MR) is 54.6 cm³/mol. The van der Waals surface area contributed by atoms with Gasteiger partial charge in [-0.15, -0.1) is 0 Å². The molecule has 4 heteroatoms. The van der Waals surface area contributed by atoms with E-state index in [-0.39, 0.29) is 0 Å². The van der Waals surface area contributed by atoms with Gasteiger partial charge in [0.25, 0.3) is 0 Å². The quantitative estimate of drug-likeness (QED) is 0.631. The van der Waals surface area contributed by atoms with Gasteiger partial charge in [0.05, 0.1) is 22.5 Å². The largest absolute Gasteiger partial charge is 0.398 e. The molecule has 2 N–H and O–H groups in total. The maximum absolute atomic E-state index is 8.82. The van der Waals surface area contributed by atoms with Gasteiger partial charge in [-0.05, 0) is 19.1 Å². The molecular formula is C10H10N4. The summed E-state index contributed by atoms with van der Waals surface area (Å²) in [7, 11) is 1.86. The molecule has 70 valence electrons. The van der Waals surface area contributed by atoms with Crippen LogP contribution < -0.4 is 5.73 Å². The van der Waals surface area contributed by atoms with Gasteiger partial charge in [0.1, 0.15) is 6.07 Å². The van der Waals surface area contributed by atoms with E-state index in [0.717, 1.165) is 16.6 Å². The zero-order valence-electron chi connectivity index (χ0n) is 8.07. The molecule has 0 saturated heterocycles. The molecule has 2 aromatic rings. The van der Waals surface area contributed by atoms with Crippen LogP contribution in [0.4, 0.5) is 5.69 Å². The number of nitrogens with two attached hydrogens (primary N) is 1. The van der Waals surface area contributed by atoms with Crippen molar-refractivity contribution in [2.75, 3.05) is 5.73 Å². The molecule has 0 aliphatic heterocycles. The van der Waals surface area contributed by atoms with E-state index >= 15 is 0 Å². The van der Waals surface area contributed by atoms with E-state index < -0.39 is 0 Å². The number of aryl methyl sites for hydroxylation is 2. The minimum absolute atomic E-state index is 0.503. The summed E-state index contributed by atoms with van der Waals surface area (Å²) in [4.78, 5) is 0. The van der Waals surface area contributed by atoms with Crippen LogP contribution in [0.3, 0.4) is 0 Å². The molecule has 0 fully saturated rings. The number of nitriles is 1. The predicted octanol–water partition coefficient (Wildman–Crippen LogP) is 1.34. The first-order valence-electron chi connectivity index (χ1n) is 4.26. The Kier molecular flexibility index (Phi) is 1.68. The molecule has 0 amide bonds. The van der Waals surface area contributed by atoms with Crippen LogP contribution in [0.5, 0.6) is 0 Å². The van der Waals surface area contributed by atoms with Crippen LogP contribution in [0.1, 0.15) is 11.3 Å². The van der Waals surface area contributed by atoms with Crippen LogP contribution in [-0.2, 0) is 7.05 Å². The van der Waals surface area contributed by atoms with Gasteiger partial charge in [-0.25, -0.2) is 0 Å². The highest BCUT2D eigenvalue weighted by Crippen LogP contribution is 2.23. The Morgan fingerprint density at radius 3 is 2.86 bits per heavy atom. The second kappa shape index (κ2) is 2.74. The highest BCUT2D eigenvalue weighted by atomic mass is 15.3. The highest BCUT2D eigenvalue weighted by molar-refractivity contribution is 5.87. The summed E-state index contributed by atoms with van der Waals surface area (Å²) in [6.07, 6.45) is 0. The molecule has 1 heterocycles. The monoisotopic (exact) mass is 186 g/mol. The van der Waals surface area contributed by atoms with Crippen LogP contribution >= 0.6 is 0 Å². The number of nitrogens with zero attached hydrogens (tertiary/aromatic N) is 3. The fraction of sp³-hybridized carbons (Fsp3) is 0.200. The van der Waals surface area contributed by atoms with Gasteiger partial charge < -0.3 is 5.73 Å². The lowest BCUT2D eigenvalue weighted by atomic mass is 10.1. The number of anilines is 1. The standard InChI is InChI=1S/C10H10N4/c1-6-8-3-7(5-11)9(12)4-10(8)14(2)13-6/h3-4H,12H2,1-2H3. The van der Waals surface area contributed by atoms with Crippen LogP contribution in [0, 0.1) is 18.3 Å². The third-order valence-electron chi connectivity index (χ3n) is 2.33. The van der Waals surface area contributed by atoms with Gasteiger partial charge in [0.15, 0.2) is 0 Å². The van der Waals surface area contributed by atoms with Gasteiger partial charge in [-0.2, -0.15) is 10.4 Å². The molecule has 1 aromatic carbocycles. The van der Waals surface area contributed by atoms with Crippen molar-refractivity contribution < 1.29 is 0 Å². The minimum atomic E-state index is 0.503. The molecule has 0 aliphatic rings. The lowest BCUT2D eigenvalue weighted by Crippen LogP contribution is -1.93. The Hall–Kier alpha value is -2.02. The molecule has 1 aromatic heterocycles. The smallest absolute Gasteiger partial charge is 0.101 e. The van der Waals surface area contributed by atoms with Crippen LogP contribution in [0.2, 0.25) is 0 Å². The first kappa shape index (κ1) is 8.57. The van der Waals surface area contributed by atoms with E-state index in [1.165, 1.54) is 0 Å². The van der Waals surface area contributed by atoms with E-state index in [1.807, 2.05) is 14.0 Å². The number of benzene rings is 1. The van der Waals surface area contributed by atoms with Crippen molar-refractivity contribution >= 4 is 16.6 Å². The van der Waals surface area contributed by atoms with Crippen LogP contribution in [0.25, 0.3) is 10.9 Å². The van der Waals surface area contributed by atoms with Gasteiger partial charge in [-0.1, -0.05) is 0 Å². The van der Waals surface area contributed by atoms with Gasteiger partial charge >= 0.3 is 0 Å². The van der Waals surface area contributed by atoms with E-state index in [2.05, 4.69) is 11.2 Å². The fourth-order valence-corrected chi connectivity index (χ4v) is 1.59. The van der Waals surface area contributed by atoms with Gasteiger partial charge in [0, 0.05) is 12.4 Å². The first-order valence-corrected chi connectivity index (χ1v) is 4.26. The number of hydrogen-bond donors (Lipinski definition) is 1. The molecule has 0 atom stereocenters. The van der Waals surface area contributed by atoms with Crippen molar-refractivity contribution in [1.29, 1.82) is 5.26 Å². The summed E-state index contributed by atoms with van der Waals surface area (Å²) >= 11 is 0. The summed E-state index contributed by atoms with van der Waals surface area (Å²) in [5, 5.41) is 14.1. The average Bonchev–Trinajstić information content (AvgIpc) is 2.41. The van der Waals surface area contributed by atoms with Gasteiger partial charge in [0.2, 0.25) is 0 Å². The van der Waals surface area contributed by atoms with E-state index in [0.29, 0.717) is 11.3 Å². The second-order valence-corrected chi connectivity index (χ2v) is 3.28. The minimum Gasteiger partial charge on any atom is -0.398 e. The zero-order valence-corrected chi connectivity index (χ0v) is 8.07. The molecular weight excluding hydrogens is 176 g/mol. The average molecular weight is 186 g/mol. The Bertz CT molecular complexity index is 545. The summed E-state index contributed by atoms with van der Waals surface area (Å²) in [5.74, 6) is 0. The summed E-state index contributed by atoms with van der Waals surface area (Å²) in [5.41, 5.74) is 8.60. The zero-order chi connectivity index (χ0) is 10.3. The van der Waals surface area contributed by atoms with Crippen molar-refractivity contribution in [1.82, 2.24) is 9.78 Å². The lowest BCUT2D eigenvalue weighted by Gasteiger charge is -1.98. The Morgan fingerprint density at radius 1 is 1.50 bits per heavy atom. The fourth-order valence-electron chi connectivity index (χ4n) is 1.59. The molecule has 0 saturated carbocycles. The highest BCUT2D eigenvalue weighted by Gasteiger charge is 2.08. The molecule has 0 bridgehead atoms. The van der Waals surface area contributed by atoms with Crippen LogP contribution in [-0.4, -0.2) is 9.78 Å². The third kappa shape index (κ3) is 1.03. The summed E-state index contributed by atoms with van der Waals surface area (Å²) in [6.45, 7) is 1.92. The van der Waals surface area contributed by atoms with Crippen molar-refractivity contribution in [2.24, 2.45) is 7.05 Å². The normalized spacial score (nSPS) is 10.4. The molecule has 0 unspecified atom stereocenters. The maximum Gasteiger partial charge on any atom is 0.101 e. The van der Waals surface area contributed by atoms with Crippen LogP contribution in [0.15, 0.2) is 12.1 Å². The number of fused-ring (bicyclic) bond motifs is 1. The third-order valence-corrected chi connectivity index (χ3v) is 2.33. The van der Waals surface area contributed by atoms with Crippen molar-refractivity contribution in [3.8, 4) is 6.07 Å². The van der Waals surface area contributed by atoms with Crippen molar-refractivity contribution in [3.05, 3.63) is 23.4 Å². The molecule has 14 heavy (non-hydrogen) atoms. The maximum atomic E-state index is 8.82. The number of aromatic nitrogens is 2. The van der Waals surface area contributed by atoms with Gasteiger partial charge in [-0.3, -0.25) is 4.68 Å². The Morgan fingerprint density at radius 2 is 2.21 bits per heavy atom. The second-order valence-electron chi connectivity index (χ2n) is 3.28. The first-order chi connectivity index (χ1) is 6.63. The number of nitrogen functional groups attached to an aromatic ring is 1. The Labute approximate surface area is 81.5 Å². The molecule has 0 spiro atoms. The number of rotatable bonds is 0.